The average Bonchev–Trinajstić information content (AvgIpc) is 2.75. The van der Waals surface area contributed by atoms with Crippen LogP contribution in [0.25, 0.3) is 0 Å². The molecule has 0 saturated carbocycles. The monoisotopic (exact) mass is 242 g/mol. The quantitative estimate of drug-likeness (QED) is 0.387. The van der Waals surface area contributed by atoms with Crippen molar-refractivity contribution in [2.75, 3.05) is 13.2 Å². The van der Waals surface area contributed by atoms with Gasteiger partial charge in [-0.05, 0) is 16.3 Å². The molecule has 1 amide bonds. The number of nitrogens with one attached hydrogen (secondary N) is 1. The van der Waals surface area contributed by atoms with Crippen LogP contribution in [0.2, 0.25) is 0 Å². The number of hydrogen-bond acceptors (Lipinski definition) is 5. The number of amides is 1. The molecule has 17 heavy (non-hydrogen) atoms. The largest absolute Gasteiger partial charge is 0.396 e. The standard InChI is InChI=1S/C9H14N4O4/c14-5-1-3-10-9(15)2-4-12-6-8(11-7-12)13(16)17/h6-7,14H,1-5H2,(H,10,15). The highest BCUT2D eigenvalue weighted by Crippen LogP contribution is 2.05. The number of aliphatic hydroxyl groups is 1. The normalized spacial score (nSPS) is 10.2. The number of carbonyl (C=O) groups is 1. The Morgan fingerprint density at radius 1 is 1.65 bits per heavy atom. The van der Waals surface area contributed by atoms with Crippen molar-refractivity contribution >= 4 is 11.7 Å². The molecule has 0 aliphatic heterocycles. The molecule has 0 spiro atoms. The van der Waals surface area contributed by atoms with Crippen molar-refractivity contribution in [1.29, 1.82) is 0 Å². The molecule has 0 aliphatic carbocycles. The first-order valence-corrected chi connectivity index (χ1v) is 5.17. The second-order valence-electron chi connectivity index (χ2n) is 3.40. The van der Waals surface area contributed by atoms with Gasteiger partial charge in [-0.15, -0.1) is 0 Å². The highest BCUT2D eigenvalue weighted by Gasteiger charge is 2.10. The Balaban J connectivity index is 2.29. The van der Waals surface area contributed by atoms with E-state index in [9.17, 15) is 14.9 Å². The topological polar surface area (TPSA) is 110 Å². The molecule has 0 saturated heterocycles. The summed E-state index contributed by atoms with van der Waals surface area (Å²) in [5.74, 6) is -0.388. The molecule has 1 aromatic rings. The van der Waals surface area contributed by atoms with Gasteiger partial charge >= 0.3 is 5.82 Å². The molecule has 2 N–H and O–H groups in total. The maximum atomic E-state index is 11.3. The molecule has 1 aromatic heterocycles. The van der Waals surface area contributed by atoms with E-state index in [0.717, 1.165) is 0 Å². The fraction of sp³-hybridized carbons (Fsp3) is 0.556. The van der Waals surface area contributed by atoms with Crippen LogP contribution in [0.5, 0.6) is 0 Å². The Hall–Kier alpha value is -1.96. The van der Waals surface area contributed by atoms with Gasteiger partial charge in [0, 0.05) is 26.1 Å². The summed E-state index contributed by atoms with van der Waals surface area (Å²) < 4.78 is 1.49. The summed E-state index contributed by atoms with van der Waals surface area (Å²) in [6.45, 7) is 0.805. The van der Waals surface area contributed by atoms with E-state index < -0.39 is 4.92 Å². The van der Waals surface area contributed by atoms with Crippen LogP contribution in [0.15, 0.2) is 12.5 Å². The minimum Gasteiger partial charge on any atom is -0.396 e. The maximum Gasteiger partial charge on any atom is 0.381 e. The van der Waals surface area contributed by atoms with Crippen molar-refractivity contribution in [2.24, 2.45) is 0 Å². The molecule has 0 atom stereocenters. The highest BCUT2D eigenvalue weighted by atomic mass is 16.6. The van der Waals surface area contributed by atoms with Crippen LogP contribution in [-0.2, 0) is 11.3 Å². The molecule has 94 valence electrons. The summed E-state index contributed by atoms with van der Waals surface area (Å²) in [6, 6.07) is 0. The predicted octanol–water partition coefficient (Wildman–Crippen LogP) is -0.320. The van der Waals surface area contributed by atoms with Crippen LogP contribution >= 0.6 is 0 Å². The third-order valence-corrected chi connectivity index (χ3v) is 2.06. The first-order valence-electron chi connectivity index (χ1n) is 5.17. The minimum absolute atomic E-state index is 0.0357. The van der Waals surface area contributed by atoms with Crippen LogP contribution in [0.3, 0.4) is 0 Å². The van der Waals surface area contributed by atoms with Gasteiger partial charge in [0.1, 0.15) is 6.20 Å². The van der Waals surface area contributed by atoms with Crippen molar-refractivity contribution < 1.29 is 14.8 Å². The predicted molar refractivity (Wildman–Crippen MR) is 58.2 cm³/mol. The number of aromatic nitrogens is 2. The molecule has 0 aliphatic rings. The lowest BCUT2D eigenvalue weighted by atomic mass is 10.3. The van der Waals surface area contributed by atoms with Gasteiger partial charge in [-0.25, -0.2) is 0 Å². The van der Waals surface area contributed by atoms with E-state index in [0.29, 0.717) is 19.5 Å². The number of aliphatic hydroxyl groups excluding tert-OH is 1. The van der Waals surface area contributed by atoms with Gasteiger partial charge in [-0.1, -0.05) is 0 Å². The summed E-state index contributed by atoms with van der Waals surface area (Å²) in [5.41, 5.74) is 0. The first kappa shape index (κ1) is 13.1. The lowest BCUT2D eigenvalue weighted by Crippen LogP contribution is -2.25. The molecule has 0 bridgehead atoms. The molecule has 0 unspecified atom stereocenters. The van der Waals surface area contributed by atoms with E-state index >= 15 is 0 Å². The number of nitrogens with zero attached hydrogens (tertiary/aromatic N) is 3. The summed E-state index contributed by atoms with van der Waals surface area (Å²) in [7, 11) is 0. The van der Waals surface area contributed by atoms with Gasteiger partial charge in [-0.2, -0.15) is 0 Å². The Labute approximate surface area is 97.4 Å². The number of nitro groups is 1. The van der Waals surface area contributed by atoms with Gasteiger partial charge < -0.3 is 25.1 Å². The zero-order valence-electron chi connectivity index (χ0n) is 9.20. The van der Waals surface area contributed by atoms with Crippen LogP contribution in [0.1, 0.15) is 12.8 Å². The van der Waals surface area contributed by atoms with Crippen molar-refractivity contribution in [2.45, 2.75) is 19.4 Å². The summed E-state index contributed by atoms with van der Waals surface area (Å²) in [5, 5.41) is 21.5. The SMILES string of the molecule is O=C(CCn1cnc([N+](=O)[O-])c1)NCCCO. The molecule has 0 radical (unpaired) electrons. The summed E-state index contributed by atoms with van der Waals surface area (Å²) in [6.07, 6.45) is 3.33. The minimum atomic E-state index is -0.585. The molecule has 1 heterocycles. The lowest BCUT2D eigenvalue weighted by Gasteiger charge is -2.03. The molecule has 0 aromatic carbocycles. The number of carbonyl (C=O) groups excluding carboxylic acids is 1. The molecular weight excluding hydrogens is 228 g/mol. The van der Waals surface area contributed by atoms with E-state index in [1.54, 1.807) is 0 Å². The van der Waals surface area contributed by atoms with Crippen LogP contribution < -0.4 is 5.32 Å². The second-order valence-corrected chi connectivity index (χ2v) is 3.40. The molecule has 8 heteroatoms. The van der Waals surface area contributed by atoms with Crippen molar-refractivity contribution in [3.8, 4) is 0 Å². The lowest BCUT2D eigenvalue weighted by molar-refractivity contribution is -0.389. The van der Waals surface area contributed by atoms with Crippen LogP contribution in [0.4, 0.5) is 5.82 Å². The van der Waals surface area contributed by atoms with E-state index in [1.807, 2.05) is 0 Å². The van der Waals surface area contributed by atoms with E-state index in [4.69, 9.17) is 5.11 Å². The number of aryl methyl sites for hydroxylation is 1. The van der Waals surface area contributed by atoms with Crippen molar-refractivity contribution in [3.05, 3.63) is 22.6 Å². The number of rotatable bonds is 7. The van der Waals surface area contributed by atoms with Gasteiger partial charge in [0.25, 0.3) is 0 Å². The zero-order chi connectivity index (χ0) is 12.7. The Morgan fingerprint density at radius 3 is 3.00 bits per heavy atom. The molecule has 8 nitrogen and oxygen atoms in total. The average molecular weight is 242 g/mol. The molecular formula is C9H14N4O4. The van der Waals surface area contributed by atoms with E-state index in [-0.39, 0.29) is 24.8 Å². The molecule has 1 rings (SSSR count). The van der Waals surface area contributed by atoms with Crippen LogP contribution in [0, 0.1) is 10.1 Å². The van der Waals surface area contributed by atoms with Crippen molar-refractivity contribution in [3.63, 3.8) is 0 Å². The molecule has 0 fully saturated rings. The van der Waals surface area contributed by atoms with Gasteiger partial charge in [0.05, 0.1) is 0 Å². The fourth-order valence-corrected chi connectivity index (χ4v) is 1.19. The van der Waals surface area contributed by atoms with Gasteiger partial charge in [0.2, 0.25) is 12.2 Å². The summed E-state index contributed by atoms with van der Waals surface area (Å²) in [4.78, 5) is 24.6. The highest BCUT2D eigenvalue weighted by molar-refractivity contribution is 5.75. The fourth-order valence-electron chi connectivity index (χ4n) is 1.19. The van der Waals surface area contributed by atoms with Crippen molar-refractivity contribution in [1.82, 2.24) is 14.9 Å². The van der Waals surface area contributed by atoms with E-state index in [2.05, 4.69) is 10.3 Å². The smallest absolute Gasteiger partial charge is 0.381 e. The number of hydrogen-bond donors (Lipinski definition) is 2. The van der Waals surface area contributed by atoms with Gasteiger partial charge in [0.15, 0.2) is 0 Å². The number of imidazole rings is 1. The first-order chi connectivity index (χ1) is 8.13. The van der Waals surface area contributed by atoms with Gasteiger partial charge in [-0.3, -0.25) is 4.79 Å². The Morgan fingerprint density at radius 2 is 2.41 bits per heavy atom. The summed E-state index contributed by atoms with van der Waals surface area (Å²) >= 11 is 0. The Kier molecular flexibility index (Phi) is 5.08. The van der Waals surface area contributed by atoms with E-state index in [1.165, 1.54) is 17.1 Å². The second kappa shape index (κ2) is 6.59. The third kappa shape index (κ3) is 4.60. The zero-order valence-corrected chi connectivity index (χ0v) is 9.20. The maximum absolute atomic E-state index is 11.3. The van der Waals surface area contributed by atoms with Crippen LogP contribution in [-0.4, -0.2) is 38.6 Å². The Bertz CT molecular complexity index is 390. The third-order valence-electron chi connectivity index (χ3n) is 2.06.